The van der Waals surface area contributed by atoms with Crippen molar-refractivity contribution >= 4 is 0 Å². The number of nitrogens with zero attached hydrogens (tertiary/aromatic N) is 1. The van der Waals surface area contributed by atoms with Crippen molar-refractivity contribution in [3.05, 3.63) is 0 Å². The first kappa shape index (κ1) is 13.3. The molecule has 1 N–H and O–H groups in total. The molecule has 3 unspecified atom stereocenters. The van der Waals surface area contributed by atoms with E-state index in [2.05, 4.69) is 24.1 Å². The summed E-state index contributed by atoms with van der Waals surface area (Å²) in [6, 6.07) is 1.18. The molecule has 0 aromatic heterocycles. The lowest BCUT2D eigenvalue weighted by Gasteiger charge is -2.39. The summed E-state index contributed by atoms with van der Waals surface area (Å²) in [5.74, 6) is 0.629. The molecule has 0 aromatic carbocycles. The second-order valence-corrected chi connectivity index (χ2v) is 5.21. The zero-order chi connectivity index (χ0) is 12.1. The molecule has 0 radical (unpaired) electrons. The first-order valence-corrected chi connectivity index (χ1v) is 6.94. The monoisotopic (exact) mass is 242 g/mol. The molecule has 0 saturated carbocycles. The maximum Gasteiger partial charge on any atom is 0.0619 e. The van der Waals surface area contributed by atoms with Gasteiger partial charge in [0.2, 0.25) is 0 Å². The van der Waals surface area contributed by atoms with E-state index in [1.807, 2.05) is 0 Å². The second kappa shape index (κ2) is 6.69. The minimum atomic E-state index is 0.549. The van der Waals surface area contributed by atoms with Crippen LogP contribution in [-0.2, 0) is 9.47 Å². The fourth-order valence-electron chi connectivity index (χ4n) is 2.84. The minimum Gasteiger partial charge on any atom is -0.381 e. The topological polar surface area (TPSA) is 33.7 Å². The van der Waals surface area contributed by atoms with E-state index in [-0.39, 0.29) is 0 Å². The van der Waals surface area contributed by atoms with Crippen molar-refractivity contribution in [2.45, 2.75) is 32.4 Å². The van der Waals surface area contributed by atoms with E-state index < -0.39 is 0 Å². The van der Waals surface area contributed by atoms with Crippen LogP contribution in [0.1, 0.15) is 20.3 Å². The molecule has 2 saturated heterocycles. The van der Waals surface area contributed by atoms with Crippen LogP contribution in [0.15, 0.2) is 0 Å². The third-order valence-corrected chi connectivity index (χ3v) is 3.91. The molecular weight excluding hydrogens is 216 g/mol. The van der Waals surface area contributed by atoms with Gasteiger partial charge in [-0.25, -0.2) is 0 Å². The van der Waals surface area contributed by atoms with Crippen molar-refractivity contribution in [2.75, 3.05) is 46.1 Å². The van der Waals surface area contributed by atoms with Gasteiger partial charge in [0.1, 0.15) is 0 Å². The first-order valence-electron chi connectivity index (χ1n) is 6.94. The lowest BCUT2D eigenvalue weighted by atomic mass is 9.94. The Bertz CT molecular complexity index is 223. The molecule has 2 fully saturated rings. The van der Waals surface area contributed by atoms with Gasteiger partial charge in [0.25, 0.3) is 0 Å². The Morgan fingerprint density at radius 2 is 2.06 bits per heavy atom. The van der Waals surface area contributed by atoms with Crippen molar-refractivity contribution in [3.63, 3.8) is 0 Å². The fraction of sp³-hybridized carbons (Fsp3) is 1.00. The van der Waals surface area contributed by atoms with Crippen LogP contribution in [0.5, 0.6) is 0 Å². The van der Waals surface area contributed by atoms with Crippen LogP contribution >= 0.6 is 0 Å². The zero-order valence-electron chi connectivity index (χ0n) is 11.2. The molecule has 2 aliphatic rings. The Morgan fingerprint density at radius 1 is 1.24 bits per heavy atom. The van der Waals surface area contributed by atoms with Gasteiger partial charge in [-0.2, -0.15) is 0 Å². The fourth-order valence-corrected chi connectivity index (χ4v) is 2.84. The first-order chi connectivity index (χ1) is 8.31. The van der Waals surface area contributed by atoms with Gasteiger partial charge >= 0.3 is 0 Å². The predicted octanol–water partition coefficient (Wildman–Crippen LogP) is 0.722. The Morgan fingerprint density at radius 3 is 2.82 bits per heavy atom. The van der Waals surface area contributed by atoms with Crippen molar-refractivity contribution in [3.8, 4) is 0 Å². The molecular formula is C13H26N2O2. The van der Waals surface area contributed by atoms with E-state index in [0.717, 1.165) is 52.5 Å². The van der Waals surface area contributed by atoms with Gasteiger partial charge in [0.15, 0.2) is 0 Å². The van der Waals surface area contributed by atoms with Crippen LogP contribution in [-0.4, -0.2) is 63.0 Å². The number of hydrogen-bond donors (Lipinski definition) is 1. The van der Waals surface area contributed by atoms with Gasteiger partial charge in [-0.05, 0) is 19.9 Å². The SMILES string of the molecule is CCNC1CCOCC1CN1CCOCC1C. The normalized spacial score (nSPS) is 36.0. The number of morpholine rings is 1. The van der Waals surface area contributed by atoms with Crippen molar-refractivity contribution in [1.29, 1.82) is 0 Å². The van der Waals surface area contributed by atoms with Crippen molar-refractivity contribution in [2.24, 2.45) is 5.92 Å². The molecule has 0 bridgehead atoms. The van der Waals surface area contributed by atoms with E-state index in [0.29, 0.717) is 18.0 Å². The molecule has 100 valence electrons. The predicted molar refractivity (Wildman–Crippen MR) is 68.2 cm³/mol. The van der Waals surface area contributed by atoms with E-state index in [9.17, 15) is 0 Å². The summed E-state index contributed by atoms with van der Waals surface area (Å²) in [7, 11) is 0. The van der Waals surface area contributed by atoms with Crippen LogP contribution in [0.25, 0.3) is 0 Å². The molecule has 0 aromatic rings. The quantitative estimate of drug-likeness (QED) is 0.788. The second-order valence-electron chi connectivity index (χ2n) is 5.21. The largest absolute Gasteiger partial charge is 0.381 e. The molecule has 0 aliphatic carbocycles. The van der Waals surface area contributed by atoms with Gasteiger partial charge in [-0.1, -0.05) is 6.92 Å². The van der Waals surface area contributed by atoms with Crippen molar-refractivity contribution < 1.29 is 9.47 Å². The number of hydrogen-bond acceptors (Lipinski definition) is 4. The molecule has 3 atom stereocenters. The summed E-state index contributed by atoms with van der Waals surface area (Å²) >= 11 is 0. The third kappa shape index (κ3) is 3.65. The highest BCUT2D eigenvalue weighted by Crippen LogP contribution is 2.18. The number of nitrogens with one attached hydrogen (secondary N) is 1. The molecule has 0 amide bonds. The van der Waals surface area contributed by atoms with Crippen LogP contribution in [0, 0.1) is 5.92 Å². The van der Waals surface area contributed by atoms with Crippen LogP contribution in [0.2, 0.25) is 0 Å². The maximum atomic E-state index is 5.64. The lowest BCUT2D eigenvalue weighted by molar-refractivity contribution is -0.0334. The Hall–Kier alpha value is -0.160. The Kier molecular flexibility index (Phi) is 5.22. The molecule has 2 rings (SSSR count). The maximum absolute atomic E-state index is 5.64. The highest BCUT2D eigenvalue weighted by atomic mass is 16.5. The number of rotatable bonds is 4. The van der Waals surface area contributed by atoms with Gasteiger partial charge in [-0.15, -0.1) is 0 Å². The summed E-state index contributed by atoms with van der Waals surface area (Å²) in [6.07, 6.45) is 1.15. The van der Waals surface area contributed by atoms with E-state index in [4.69, 9.17) is 9.47 Å². The third-order valence-electron chi connectivity index (χ3n) is 3.91. The summed E-state index contributed by atoms with van der Waals surface area (Å²) in [6.45, 7) is 11.3. The Labute approximate surface area is 105 Å². The summed E-state index contributed by atoms with van der Waals surface area (Å²) in [4.78, 5) is 2.55. The Balaban J connectivity index is 1.85. The van der Waals surface area contributed by atoms with Gasteiger partial charge in [-0.3, -0.25) is 4.90 Å². The average Bonchev–Trinajstić information content (AvgIpc) is 2.35. The standard InChI is InChI=1S/C13H26N2O2/c1-3-14-13-4-6-16-10-12(13)8-15-5-7-17-9-11(15)2/h11-14H,3-10H2,1-2H3. The summed E-state index contributed by atoms with van der Waals surface area (Å²) in [5, 5.41) is 3.60. The zero-order valence-corrected chi connectivity index (χ0v) is 11.2. The minimum absolute atomic E-state index is 0.549. The van der Waals surface area contributed by atoms with Crippen molar-refractivity contribution in [1.82, 2.24) is 10.2 Å². The van der Waals surface area contributed by atoms with Crippen LogP contribution in [0.3, 0.4) is 0 Å². The van der Waals surface area contributed by atoms with Gasteiger partial charge in [0, 0.05) is 37.7 Å². The highest BCUT2D eigenvalue weighted by Gasteiger charge is 2.29. The summed E-state index contributed by atoms with van der Waals surface area (Å²) < 4.78 is 11.1. The van der Waals surface area contributed by atoms with Crippen LogP contribution < -0.4 is 5.32 Å². The molecule has 2 heterocycles. The highest BCUT2D eigenvalue weighted by molar-refractivity contribution is 4.84. The van der Waals surface area contributed by atoms with Gasteiger partial charge < -0.3 is 14.8 Å². The molecule has 4 nitrogen and oxygen atoms in total. The molecule has 0 spiro atoms. The molecule has 17 heavy (non-hydrogen) atoms. The smallest absolute Gasteiger partial charge is 0.0619 e. The molecule has 2 aliphatic heterocycles. The number of ether oxygens (including phenoxy) is 2. The van der Waals surface area contributed by atoms with Gasteiger partial charge in [0.05, 0.1) is 19.8 Å². The summed E-state index contributed by atoms with van der Waals surface area (Å²) in [5.41, 5.74) is 0. The van der Waals surface area contributed by atoms with E-state index >= 15 is 0 Å². The molecule has 4 heteroatoms. The average molecular weight is 242 g/mol. The van der Waals surface area contributed by atoms with E-state index in [1.54, 1.807) is 0 Å². The van der Waals surface area contributed by atoms with Crippen LogP contribution in [0.4, 0.5) is 0 Å². The van der Waals surface area contributed by atoms with E-state index in [1.165, 1.54) is 0 Å². The lowest BCUT2D eigenvalue weighted by Crippen LogP contribution is -2.52.